The van der Waals surface area contributed by atoms with Gasteiger partial charge in [-0.3, -0.25) is 14.3 Å². The highest BCUT2D eigenvalue weighted by Crippen LogP contribution is 2.40. The predicted molar refractivity (Wildman–Crippen MR) is 71.6 cm³/mol. The number of hydrogen-bond acceptors (Lipinski definition) is 5. The maximum absolute atomic E-state index is 11.8. The van der Waals surface area contributed by atoms with Crippen LogP contribution in [0.4, 0.5) is 0 Å². The molecule has 1 heterocycles. The Morgan fingerprint density at radius 2 is 2.05 bits per heavy atom. The smallest absolute Gasteiger partial charge is 0.328 e. The van der Waals surface area contributed by atoms with Crippen molar-refractivity contribution in [2.24, 2.45) is 5.41 Å². The average Bonchev–Trinajstić information content (AvgIpc) is 2.43. The van der Waals surface area contributed by atoms with Crippen molar-refractivity contribution in [3.63, 3.8) is 0 Å². The van der Waals surface area contributed by atoms with Crippen LogP contribution < -0.4 is 11.2 Å². The Balaban J connectivity index is 2.31. The Bertz CT molecular complexity index is 587. The normalized spacial score (nSPS) is 25.6. The van der Waals surface area contributed by atoms with Gasteiger partial charge in [-0.1, -0.05) is 0 Å². The van der Waals surface area contributed by atoms with E-state index in [0.717, 1.165) is 0 Å². The minimum Gasteiger partial charge on any atom is -0.396 e. The minimum atomic E-state index is -0.856. The van der Waals surface area contributed by atoms with Gasteiger partial charge in [0.1, 0.15) is 0 Å². The second-order valence-corrected chi connectivity index (χ2v) is 5.67. The minimum absolute atomic E-state index is 0.202. The van der Waals surface area contributed by atoms with Gasteiger partial charge in [-0.2, -0.15) is 0 Å². The summed E-state index contributed by atoms with van der Waals surface area (Å²) in [7, 11) is 0. The molecule has 0 saturated heterocycles. The highest BCUT2D eigenvalue weighted by Gasteiger charge is 2.40. The summed E-state index contributed by atoms with van der Waals surface area (Å²) in [5.74, 6) is 0. The van der Waals surface area contributed by atoms with E-state index in [-0.39, 0.29) is 19.6 Å². The second kappa shape index (κ2) is 5.51. The topological polar surface area (TPSA) is 116 Å². The number of aliphatic hydroxyl groups excluding tert-OH is 3. The summed E-state index contributed by atoms with van der Waals surface area (Å²) in [6.45, 7) is 1.19. The zero-order valence-electron chi connectivity index (χ0n) is 11.4. The van der Waals surface area contributed by atoms with Gasteiger partial charge in [0, 0.05) is 17.2 Å². The van der Waals surface area contributed by atoms with E-state index < -0.39 is 28.8 Å². The van der Waals surface area contributed by atoms with E-state index in [2.05, 4.69) is 4.98 Å². The summed E-state index contributed by atoms with van der Waals surface area (Å²) in [6.07, 6.45) is 1.76. The van der Waals surface area contributed by atoms with Crippen molar-refractivity contribution in [3.8, 4) is 0 Å². The van der Waals surface area contributed by atoms with Crippen molar-refractivity contribution < 1.29 is 15.3 Å². The Morgan fingerprint density at radius 1 is 1.40 bits per heavy atom. The molecule has 4 N–H and O–H groups in total. The average molecular weight is 284 g/mol. The number of nitrogens with zero attached hydrogens (tertiary/aromatic N) is 1. The van der Waals surface area contributed by atoms with Crippen molar-refractivity contribution in [1.82, 2.24) is 9.55 Å². The van der Waals surface area contributed by atoms with Crippen LogP contribution >= 0.6 is 0 Å². The number of H-pyrrole nitrogens is 1. The molecule has 0 radical (unpaired) electrons. The van der Waals surface area contributed by atoms with Crippen molar-refractivity contribution in [1.29, 1.82) is 0 Å². The zero-order valence-corrected chi connectivity index (χ0v) is 11.4. The van der Waals surface area contributed by atoms with E-state index in [4.69, 9.17) is 0 Å². The Kier molecular flexibility index (Phi) is 4.12. The molecule has 0 aliphatic heterocycles. The van der Waals surface area contributed by atoms with Gasteiger partial charge in [0.05, 0.1) is 25.4 Å². The number of rotatable bonds is 3. The lowest BCUT2D eigenvalue weighted by Crippen LogP contribution is -2.45. The summed E-state index contributed by atoms with van der Waals surface area (Å²) in [5.41, 5.74) is -1.28. The Morgan fingerprint density at radius 3 is 2.60 bits per heavy atom. The molecule has 0 spiro atoms. The molecule has 0 bridgehead atoms. The zero-order chi connectivity index (χ0) is 14.9. The van der Waals surface area contributed by atoms with Crippen LogP contribution in [0.5, 0.6) is 0 Å². The van der Waals surface area contributed by atoms with Gasteiger partial charge in [0.25, 0.3) is 5.56 Å². The summed E-state index contributed by atoms with van der Waals surface area (Å²) < 4.78 is 1.33. The highest BCUT2D eigenvalue weighted by molar-refractivity contribution is 5.03. The van der Waals surface area contributed by atoms with E-state index in [1.54, 1.807) is 6.92 Å². The van der Waals surface area contributed by atoms with E-state index in [9.17, 15) is 24.9 Å². The fourth-order valence-corrected chi connectivity index (χ4v) is 2.82. The monoisotopic (exact) mass is 284 g/mol. The molecule has 7 heteroatoms. The molecule has 1 aromatic rings. The van der Waals surface area contributed by atoms with Gasteiger partial charge in [-0.25, -0.2) is 4.79 Å². The quantitative estimate of drug-likeness (QED) is 0.562. The van der Waals surface area contributed by atoms with Crippen molar-refractivity contribution in [3.05, 3.63) is 32.6 Å². The molecule has 2 atom stereocenters. The van der Waals surface area contributed by atoms with Gasteiger partial charge in [-0.05, 0) is 26.2 Å². The molecule has 1 fully saturated rings. The van der Waals surface area contributed by atoms with Crippen LogP contribution in [0, 0.1) is 12.3 Å². The van der Waals surface area contributed by atoms with Crippen LogP contribution in [0.3, 0.4) is 0 Å². The summed E-state index contributed by atoms with van der Waals surface area (Å²) >= 11 is 0. The molecule has 1 aliphatic rings. The number of aromatic nitrogens is 2. The Hall–Kier alpha value is -1.44. The molecule has 1 aliphatic carbocycles. The molecular weight excluding hydrogens is 264 g/mol. The standard InChI is InChI=1S/C13H20N2O5/c1-8-5-15(12(20)14-11(8)19)9-2-3-13(6-16,7-17)4-10(9)18/h5,9-10,16-18H,2-4,6-7H2,1H3,(H,14,19,20)/t9-,10-/m1/s1. The number of nitrogens with one attached hydrogen (secondary N) is 1. The summed E-state index contributed by atoms with van der Waals surface area (Å²) in [4.78, 5) is 25.4. The van der Waals surface area contributed by atoms with Gasteiger partial charge in [0.2, 0.25) is 0 Å². The van der Waals surface area contributed by atoms with Crippen molar-refractivity contribution in [2.75, 3.05) is 13.2 Å². The largest absolute Gasteiger partial charge is 0.396 e. The summed E-state index contributed by atoms with van der Waals surface area (Å²) in [5, 5.41) is 29.0. The lowest BCUT2D eigenvalue weighted by molar-refractivity contribution is -0.0498. The lowest BCUT2D eigenvalue weighted by atomic mass is 9.72. The third-order valence-corrected chi connectivity index (χ3v) is 4.23. The third-order valence-electron chi connectivity index (χ3n) is 4.23. The van der Waals surface area contributed by atoms with Crippen molar-refractivity contribution in [2.45, 2.75) is 38.3 Å². The van der Waals surface area contributed by atoms with E-state index in [1.165, 1.54) is 10.8 Å². The highest BCUT2D eigenvalue weighted by atomic mass is 16.3. The van der Waals surface area contributed by atoms with Crippen LogP contribution in [0.2, 0.25) is 0 Å². The maximum atomic E-state index is 11.8. The first-order valence-corrected chi connectivity index (χ1v) is 6.64. The number of aryl methyl sites for hydroxylation is 1. The number of aliphatic hydroxyl groups is 3. The number of aromatic amines is 1. The fourth-order valence-electron chi connectivity index (χ4n) is 2.82. The molecule has 112 valence electrons. The van der Waals surface area contributed by atoms with E-state index >= 15 is 0 Å². The SMILES string of the molecule is Cc1cn([C@@H]2CCC(CO)(CO)C[C@H]2O)c(=O)[nH]c1=O. The maximum Gasteiger partial charge on any atom is 0.328 e. The molecule has 0 aromatic carbocycles. The first-order chi connectivity index (χ1) is 9.42. The molecule has 1 aromatic heterocycles. The first kappa shape index (κ1) is 15.0. The van der Waals surface area contributed by atoms with Crippen LogP contribution in [0.15, 0.2) is 15.8 Å². The van der Waals surface area contributed by atoms with E-state index in [1.807, 2.05) is 0 Å². The lowest BCUT2D eigenvalue weighted by Gasteiger charge is -2.41. The molecule has 0 unspecified atom stereocenters. The van der Waals surface area contributed by atoms with Gasteiger partial charge >= 0.3 is 5.69 Å². The summed E-state index contributed by atoms with van der Waals surface area (Å²) in [6, 6.07) is -0.454. The fraction of sp³-hybridized carbons (Fsp3) is 0.692. The molecular formula is C13H20N2O5. The van der Waals surface area contributed by atoms with Crippen LogP contribution in [-0.2, 0) is 0 Å². The number of hydrogen-bond donors (Lipinski definition) is 4. The van der Waals surface area contributed by atoms with Crippen LogP contribution in [0.1, 0.15) is 30.9 Å². The van der Waals surface area contributed by atoms with Gasteiger partial charge in [-0.15, -0.1) is 0 Å². The molecule has 20 heavy (non-hydrogen) atoms. The van der Waals surface area contributed by atoms with Crippen LogP contribution in [0.25, 0.3) is 0 Å². The first-order valence-electron chi connectivity index (χ1n) is 6.64. The van der Waals surface area contributed by atoms with Crippen molar-refractivity contribution >= 4 is 0 Å². The van der Waals surface area contributed by atoms with Gasteiger partial charge in [0.15, 0.2) is 0 Å². The molecule has 7 nitrogen and oxygen atoms in total. The van der Waals surface area contributed by atoms with Crippen LogP contribution in [-0.4, -0.2) is 44.2 Å². The second-order valence-electron chi connectivity index (χ2n) is 5.67. The third kappa shape index (κ3) is 2.56. The Labute approximate surface area is 115 Å². The predicted octanol–water partition coefficient (Wildman–Crippen LogP) is -1.10. The molecule has 2 rings (SSSR count). The molecule has 1 saturated carbocycles. The van der Waals surface area contributed by atoms with Gasteiger partial charge < -0.3 is 15.3 Å². The van der Waals surface area contributed by atoms with E-state index in [0.29, 0.717) is 18.4 Å². The molecule has 0 amide bonds.